The number of amides is 1. The molecule has 0 saturated carbocycles. The molecule has 0 aliphatic carbocycles. The van der Waals surface area contributed by atoms with Crippen LogP contribution >= 0.6 is 0 Å². The minimum atomic E-state index is -0.702. The lowest BCUT2D eigenvalue weighted by molar-refractivity contribution is 0.0714. The number of fused-ring (bicyclic) bond motifs is 1. The maximum Gasteiger partial charge on any atom is 0.251 e. The maximum absolute atomic E-state index is 12.4. The highest BCUT2D eigenvalue weighted by molar-refractivity contribution is 5.94. The molecule has 0 unspecified atom stereocenters. The second-order valence-electron chi connectivity index (χ2n) is 7.22. The van der Waals surface area contributed by atoms with Crippen LogP contribution in [0.15, 0.2) is 54.9 Å². The van der Waals surface area contributed by atoms with Crippen molar-refractivity contribution in [2.75, 3.05) is 6.54 Å². The van der Waals surface area contributed by atoms with Crippen molar-refractivity contribution in [1.82, 2.24) is 14.7 Å². The van der Waals surface area contributed by atoms with E-state index in [1.165, 1.54) is 0 Å². The zero-order valence-electron chi connectivity index (χ0n) is 15.3. The first-order chi connectivity index (χ1) is 12.4. The van der Waals surface area contributed by atoms with Gasteiger partial charge in [0.2, 0.25) is 0 Å². The summed E-state index contributed by atoms with van der Waals surface area (Å²) in [7, 11) is 0. The molecule has 5 heteroatoms. The average Bonchev–Trinajstić information content (AvgIpc) is 3.02. The van der Waals surface area contributed by atoms with E-state index in [9.17, 15) is 9.90 Å². The monoisotopic (exact) mass is 351 g/mol. The fourth-order valence-corrected chi connectivity index (χ4v) is 2.83. The molecule has 1 aromatic carbocycles. The molecule has 2 heterocycles. The number of carbonyl (C=O) groups is 1. The number of aromatic nitrogens is 2. The average molecular weight is 351 g/mol. The van der Waals surface area contributed by atoms with Gasteiger partial charge in [-0.3, -0.25) is 4.79 Å². The van der Waals surface area contributed by atoms with Crippen LogP contribution in [0.4, 0.5) is 0 Å². The van der Waals surface area contributed by atoms with E-state index in [-0.39, 0.29) is 5.91 Å². The Bertz CT molecular complexity index is 860. The second kappa shape index (κ2) is 7.70. The van der Waals surface area contributed by atoms with E-state index in [0.717, 1.165) is 23.3 Å². The van der Waals surface area contributed by atoms with Crippen LogP contribution in [0.25, 0.3) is 5.65 Å². The number of nitrogens with one attached hydrogen (secondary N) is 1. The summed E-state index contributed by atoms with van der Waals surface area (Å²) in [5.74, 6) is -0.0844. The molecular weight excluding hydrogens is 326 g/mol. The summed E-state index contributed by atoms with van der Waals surface area (Å²) in [4.78, 5) is 16.9. The number of carbonyl (C=O) groups excluding carboxylic acids is 1. The van der Waals surface area contributed by atoms with Gasteiger partial charge in [0.05, 0.1) is 11.3 Å². The molecular formula is C21H25N3O2. The number of nitrogens with zero attached hydrogens (tertiary/aromatic N) is 2. The SMILES string of the molecule is CC(C)(O)CCc1cccc(C(=O)NCCc2cn3ccccc3n2)c1. The minimum Gasteiger partial charge on any atom is -0.390 e. The Morgan fingerprint density at radius 3 is 2.81 bits per heavy atom. The number of rotatable bonds is 7. The summed E-state index contributed by atoms with van der Waals surface area (Å²) in [5.41, 5.74) is 2.86. The van der Waals surface area contributed by atoms with Crippen LogP contribution in [0.1, 0.15) is 41.9 Å². The van der Waals surface area contributed by atoms with Gasteiger partial charge in [-0.15, -0.1) is 0 Å². The first-order valence-electron chi connectivity index (χ1n) is 8.93. The molecule has 1 amide bonds. The summed E-state index contributed by atoms with van der Waals surface area (Å²) in [6, 6.07) is 13.5. The summed E-state index contributed by atoms with van der Waals surface area (Å²) < 4.78 is 1.98. The zero-order chi connectivity index (χ0) is 18.6. The normalized spacial score (nSPS) is 11.7. The van der Waals surface area contributed by atoms with Crippen LogP contribution in [0, 0.1) is 0 Å². The van der Waals surface area contributed by atoms with Crippen molar-refractivity contribution in [3.63, 3.8) is 0 Å². The minimum absolute atomic E-state index is 0.0844. The molecule has 0 aliphatic heterocycles. The molecule has 2 aromatic heterocycles. The van der Waals surface area contributed by atoms with Crippen LogP contribution in [0.5, 0.6) is 0 Å². The van der Waals surface area contributed by atoms with Crippen molar-refractivity contribution in [1.29, 1.82) is 0 Å². The van der Waals surface area contributed by atoms with Crippen LogP contribution < -0.4 is 5.32 Å². The molecule has 0 aliphatic rings. The highest BCUT2D eigenvalue weighted by Crippen LogP contribution is 2.14. The predicted octanol–water partition coefficient (Wildman–Crippen LogP) is 3.01. The summed E-state index contributed by atoms with van der Waals surface area (Å²) >= 11 is 0. The topological polar surface area (TPSA) is 66.6 Å². The summed E-state index contributed by atoms with van der Waals surface area (Å²) in [6.45, 7) is 4.13. The van der Waals surface area contributed by atoms with E-state index < -0.39 is 5.60 Å². The number of aliphatic hydroxyl groups is 1. The van der Waals surface area contributed by atoms with Crippen LogP contribution in [-0.2, 0) is 12.8 Å². The number of imidazole rings is 1. The van der Waals surface area contributed by atoms with E-state index in [1.54, 1.807) is 13.8 Å². The van der Waals surface area contributed by atoms with E-state index in [4.69, 9.17) is 0 Å². The Morgan fingerprint density at radius 2 is 2.04 bits per heavy atom. The number of aryl methyl sites for hydroxylation is 1. The van der Waals surface area contributed by atoms with Gasteiger partial charge in [0.1, 0.15) is 5.65 Å². The van der Waals surface area contributed by atoms with Gasteiger partial charge in [-0.25, -0.2) is 4.98 Å². The van der Waals surface area contributed by atoms with Crippen molar-refractivity contribution < 1.29 is 9.90 Å². The van der Waals surface area contributed by atoms with Gasteiger partial charge in [-0.1, -0.05) is 18.2 Å². The van der Waals surface area contributed by atoms with Crippen LogP contribution in [-0.4, -0.2) is 32.5 Å². The van der Waals surface area contributed by atoms with Crippen molar-refractivity contribution in [2.24, 2.45) is 0 Å². The lowest BCUT2D eigenvalue weighted by Crippen LogP contribution is -2.26. The van der Waals surface area contributed by atoms with E-state index in [1.807, 2.05) is 59.3 Å². The van der Waals surface area contributed by atoms with Crippen LogP contribution in [0.2, 0.25) is 0 Å². The predicted molar refractivity (Wildman–Crippen MR) is 102 cm³/mol. The second-order valence-corrected chi connectivity index (χ2v) is 7.22. The van der Waals surface area contributed by atoms with Gasteiger partial charge in [-0.2, -0.15) is 0 Å². The van der Waals surface area contributed by atoms with Crippen molar-refractivity contribution in [2.45, 2.75) is 38.7 Å². The van der Waals surface area contributed by atoms with Crippen LogP contribution in [0.3, 0.4) is 0 Å². The van der Waals surface area contributed by atoms with E-state index in [2.05, 4.69) is 10.3 Å². The fraction of sp³-hybridized carbons (Fsp3) is 0.333. The molecule has 2 N–H and O–H groups in total. The Hall–Kier alpha value is -2.66. The highest BCUT2D eigenvalue weighted by atomic mass is 16.3. The lowest BCUT2D eigenvalue weighted by atomic mass is 9.98. The number of pyridine rings is 1. The summed E-state index contributed by atoms with van der Waals surface area (Å²) in [6.07, 6.45) is 6.03. The van der Waals surface area contributed by atoms with Crippen molar-refractivity contribution >= 4 is 11.6 Å². The van der Waals surface area contributed by atoms with E-state index in [0.29, 0.717) is 24.9 Å². The highest BCUT2D eigenvalue weighted by Gasteiger charge is 2.13. The van der Waals surface area contributed by atoms with Gasteiger partial charge in [0.25, 0.3) is 5.91 Å². The van der Waals surface area contributed by atoms with Gasteiger partial charge < -0.3 is 14.8 Å². The molecule has 26 heavy (non-hydrogen) atoms. The standard InChI is InChI=1S/C21H25N3O2/c1-21(2,26)11-9-16-6-5-7-17(14-16)20(25)22-12-10-18-15-24-13-4-3-8-19(24)23-18/h3-8,13-15,26H,9-12H2,1-2H3,(H,22,25). The Labute approximate surface area is 153 Å². The third-order valence-electron chi connectivity index (χ3n) is 4.30. The largest absolute Gasteiger partial charge is 0.390 e. The molecule has 5 nitrogen and oxygen atoms in total. The molecule has 0 radical (unpaired) electrons. The third-order valence-corrected chi connectivity index (χ3v) is 4.30. The van der Waals surface area contributed by atoms with Gasteiger partial charge >= 0.3 is 0 Å². The van der Waals surface area contributed by atoms with Crippen molar-refractivity contribution in [3.05, 3.63) is 71.7 Å². The Kier molecular flexibility index (Phi) is 5.38. The zero-order valence-corrected chi connectivity index (χ0v) is 15.3. The van der Waals surface area contributed by atoms with Crippen molar-refractivity contribution in [3.8, 4) is 0 Å². The Balaban J connectivity index is 1.54. The molecule has 136 valence electrons. The third kappa shape index (κ3) is 4.92. The number of hydrogen-bond donors (Lipinski definition) is 2. The van der Waals surface area contributed by atoms with Gasteiger partial charge in [-0.05, 0) is 56.5 Å². The quantitative estimate of drug-likeness (QED) is 0.688. The number of hydrogen-bond acceptors (Lipinski definition) is 3. The fourth-order valence-electron chi connectivity index (χ4n) is 2.83. The van der Waals surface area contributed by atoms with E-state index >= 15 is 0 Å². The van der Waals surface area contributed by atoms with Gasteiger partial charge in [0, 0.05) is 30.9 Å². The van der Waals surface area contributed by atoms with Gasteiger partial charge in [0.15, 0.2) is 0 Å². The molecule has 0 saturated heterocycles. The lowest BCUT2D eigenvalue weighted by Gasteiger charge is -2.16. The molecule has 3 rings (SSSR count). The first kappa shape index (κ1) is 18.1. The molecule has 0 atom stereocenters. The molecule has 3 aromatic rings. The molecule has 0 spiro atoms. The Morgan fingerprint density at radius 1 is 1.19 bits per heavy atom. The summed E-state index contributed by atoms with van der Waals surface area (Å²) in [5, 5.41) is 12.8. The molecule has 0 bridgehead atoms. The first-order valence-corrected chi connectivity index (χ1v) is 8.93. The smallest absolute Gasteiger partial charge is 0.251 e. The maximum atomic E-state index is 12.4. The molecule has 0 fully saturated rings. The number of benzene rings is 1.